The molecule has 0 unspecified atom stereocenters. The van der Waals surface area contributed by atoms with Crippen molar-refractivity contribution in [2.75, 3.05) is 29.9 Å². The molecule has 0 radical (unpaired) electrons. The Morgan fingerprint density at radius 2 is 1.89 bits per heavy atom. The van der Waals surface area contributed by atoms with Crippen LogP contribution in [0.4, 0.5) is 11.5 Å². The number of carbonyl (C=O) groups is 2. The third-order valence-electron chi connectivity index (χ3n) is 5.19. The van der Waals surface area contributed by atoms with E-state index >= 15 is 0 Å². The summed E-state index contributed by atoms with van der Waals surface area (Å²) in [4.78, 5) is 29.9. The van der Waals surface area contributed by atoms with Crippen molar-refractivity contribution in [3.63, 3.8) is 0 Å². The lowest BCUT2D eigenvalue weighted by atomic mass is 9.99. The Balaban J connectivity index is 1.55. The minimum atomic E-state index is -0.499. The fourth-order valence-corrected chi connectivity index (χ4v) is 3.33. The van der Waals surface area contributed by atoms with Crippen molar-refractivity contribution < 1.29 is 19.3 Å². The van der Waals surface area contributed by atoms with Gasteiger partial charge in [-0.25, -0.2) is 9.78 Å². The number of aromatic nitrogens is 1. The first kappa shape index (κ1) is 19.9. The van der Waals surface area contributed by atoms with E-state index in [2.05, 4.69) is 29.0 Å². The maximum Gasteiger partial charge on any atom is 0.347 e. The van der Waals surface area contributed by atoms with Gasteiger partial charge in [0, 0.05) is 5.69 Å². The Morgan fingerprint density at radius 3 is 2.57 bits per heavy atom. The average molecular weight is 382 g/mol. The molecule has 1 amide bonds. The number of nitrogens with one attached hydrogen (secondary N) is 2. The number of aromatic amines is 1. The molecule has 1 aromatic heterocycles. The second-order valence-electron chi connectivity index (χ2n) is 7.18. The van der Waals surface area contributed by atoms with Crippen molar-refractivity contribution in [1.29, 1.82) is 0 Å². The van der Waals surface area contributed by atoms with Crippen LogP contribution in [0, 0.1) is 0 Å². The molecule has 1 aliphatic rings. The van der Waals surface area contributed by atoms with Crippen molar-refractivity contribution >= 4 is 23.4 Å². The minimum Gasteiger partial charge on any atom is -0.452 e. The summed E-state index contributed by atoms with van der Waals surface area (Å²) in [5.74, 6) is 0.387. The van der Waals surface area contributed by atoms with Crippen LogP contribution in [0.15, 0.2) is 42.6 Å². The van der Waals surface area contributed by atoms with Gasteiger partial charge in [0.25, 0.3) is 11.7 Å². The van der Waals surface area contributed by atoms with Crippen LogP contribution in [-0.2, 0) is 9.53 Å². The summed E-state index contributed by atoms with van der Waals surface area (Å²) in [6, 6.07) is 11.3. The highest BCUT2D eigenvalue weighted by atomic mass is 16.5. The van der Waals surface area contributed by atoms with E-state index in [1.807, 2.05) is 24.3 Å². The number of ether oxygens (including phenoxy) is 1. The highest BCUT2D eigenvalue weighted by molar-refractivity contribution is 5.97. The smallest absolute Gasteiger partial charge is 0.347 e. The van der Waals surface area contributed by atoms with Crippen molar-refractivity contribution in [2.24, 2.45) is 0 Å². The molecular weight excluding hydrogens is 354 g/mol. The molecule has 0 spiro atoms. The number of pyridine rings is 1. The predicted molar refractivity (Wildman–Crippen MR) is 109 cm³/mol. The molecular formula is C22H28N3O3+. The quantitative estimate of drug-likeness (QED) is 0.745. The second kappa shape index (κ2) is 9.35. The molecule has 1 aromatic carbocycles. The number of H-pyrrole nitrogens is 1. The summed E-state index contributed by atoms with van der Waals surface area (Å²) >= 11 is 0. The van der Waals surface area contributed by atoms with E-state index in [1.165, 1.54) is 5.56 Å². The van der Waals surface area contributed by atoms with E-state index in [1.54, 1.807) is 18.3 Å². The van der Waals surface area contributed by atoms with E-state index in [0.717, 1.165) is 38.2 Å². The average Bonchev–Trinajstić information content (AvgIpc) is 3.27. The van der Waals surface area contributed by atoms with Gasteiger partial charge in [-0.1, -0.05) is 26.0 Å². The first-order valence-electron chi connectivity index (χ1n) is 9.91. The van der Waals surface area contributed by atoms with Crippen molar-refractivity contribution in [2.45, 2.75) is 39.0 Å². The number of hydrogen-bond donors (Lipinski definition) is 1. The lowest BCUT2D eigenvalue weighted by molar-refractivity contribution is -0.364. The van der Waals surface area contributed by atoms with Crippen LogP contribution < -0.4 is 15.2 Å². The van der Waals surface area contributed by atoms with Gasteiger partial charge in [-0.3, -0.25) is 9.69 Å². The zero-order chi connectivity index (χ0) is 19.9. The van der Waals surface area contributed by atoms with Gasteiger partial charge in [-0.2, -0.15) is 0 Å². The molecule has 2 aromatic rings. The largest absolute Gasteiger partial charge is 0.452 e. The van der Waals surface area contributed by atoms with Crippen LogP contribution >= 0.6 is 0 Å². The Labute approximate surface area is 165 Å². The van der Waals surface area contributed by atoms with Gasteiger partial charge in [0.15, 0.2) is 6.61 Å². The molecule has 6 heteroatoms. The molecule has 1 fully saturated rings. The normalized spacial score (nSPS) is 14.6. The number of hydrogen-bond acceptors (Lipinski definition) is 4. The lowest BCUT2D eigenvalue weighted by Gasteiger charge is -2.12. The first-order chi connectivity index (χ1) is 13.6. The topological polar surface area (TPSA) is 72.8 Å². The van der Waals surface area contributed by atoms with Gasteiger partial charge in [0.2, 0.25) is 0 Å². The molecule has 1 saturated heterocycles. The Bertz CT molecular complexity index is 814. The lowest BCUT2D eigenvalue weighted by Crippen LogP contribution is -2.29. The molecule has 6 nitrogen and oxygen atoms in total. The predicted octanol–water partition coefficient (Wildman–Crippen LogP) is 3.41. The molecule has 3 rings (SSSR count). The van der Waals surface area contributed by atoms with Crippen molar-refractivity contribution in [3.05, 3.63) is 53.7 Å². The maximum atomic E-state index is 12.5. The van der Waals surface area contributed by atoms with Crippen LogP contribution in [-0.4, -0.2) is 31.6 Å². The van der Waals surface area contributed by atoms with Gasteiger partial charge < -0.3 is 10.1 Å². The van der Waals surface area contributed by atoms with E-state index in [-0.39, 0.29) is 12.5 Å². The molecule has 0 saturated carbocycles. The van der Waals surface area contributed by atoms with Gasteiger partial charge in [-0.15, -0.1) is 0 Å². The summed E-state index contributed by atoms with van der Waals surface area (Å²) in [6.45, 7) is 5.82. The van der Waals surface area contributed by atoms with E-state index in [4.69, 9.17) is 4.74 Å². The number of benzene rings is 1. The molecule has 28 heavy (non-hydrogen) atoms. The number of rotatable bonds is 7. The third kappa shape index (κ3) is 4.88. The number of amides is 1. The Morgan fingerprint density at radius 1 is 1.18 bits per heavy atom. The molecule has 148 valence electrons. The molecule has 2 N–H and O–H groups in total. The first-order valence-corrected chi connectivity index (χ1v) is 9.91. The highest BCUT2D eigenvalue weighted by Gasteiger charge is 2.27. The zero-order valence-corrected chi connectivity index (χ0v) is 16.5. The molecule has 1 aliphatic heterocycles. The van der Waals surface area contributed by atoms with Gasteiger partial charge in [0.05, 0.1) is 19.3 Å². The van der Waals surface area contributed by atoms with Crippen molar-refractivity contribution in [1.82, 2.24) is 0 Å². The van der Waals surface area contributed by atoms with E-state index < -0.39 is 5.97 Å². The zero-order valence-electron chi connectivity index (χ0n) is 16.5. The minimum absolute atomic E-state index is 0.319. The van der Waals surface area contributed by atoms with Crippen molar-refractivity contribution in [3.8, 4) is 0 Å². The summed E-state index contributed by atoms with van der Waals surface area (Å²) in [5.41, 5.74) is 2.38. The van der Waals surface area contributed by atoms with Crippen LogP contribution in [0.2, 0.25) is 0 Å². The summed E-state index contributed by atoms with van der Waals surface area (Å²) in [7, 11) is 0. The maximum absolute atomic E-state index is 12.5. The summed E-state index contributed by atoms with van der Waals surface area (Å²) in [6.07, 6.45) is 5.07. The fourth-order valence-electron chi connectivity index (χ4n) is 3.33. The molecule has 2 heterocycles. The van der Waals surface area contributed by atoms with Crippen LogP contribution in [0.1, 0.15) is 54.9 Å². The summed E-state index contributed by atoms with van der Waals surface area (Å²) in [5, 5.41) is 2.77. The number of nitrogens with zero attached hydrogens (tertiary/aromatic N) is 1. The van der Waals surface area contributed by atoms with Gasteiger partial charge in [-0.05, 0) is 55.0 Å². The monoisotopic (exact) mass is 382 g/mol. The Kier molecular flexibility index (Phi) is 6.63. The second-order valence-corrected chi connectivity index (χ2v) is 7.18. The number of anilines is 2. The molecule has 0 aliphatic carbocycles. The number of esters is 1. The van der Waals surface area contributed by atoms with E-state index in [9.17, 15) is 9.59 Å². The third-order valence-corrected chi connectivity index (χ3v) is 5.19. The summed E-state index contributed by atoms with van der Waals surface area (Å²) < 4.78 is 5.24. The van der Waals surface area contributed by atoms with Crippen LogP contribution in [0.5, 0.6) is 0 Å². The SMILES string of the molecule is CC[C@@H](C)c1ccc(NC(=O)COC(=O)c2ccc[nH+]c2N2CCCC2)cc1. The highest BCUT2D eigenvalue weighted by Crippen LogP contribution is 2.21. The van der Waals surface area contributed by atoms with Gasteiger partial charge in [0.1, 0.15) is 5.56 Å². The van der Waals surface area contributed by atoms with Gasteiger partial charge >= 0.3 is 5.97 Å². The molecule has 0 bridgehead atoms. The van der Waals surface area contributed by atoms with E-state index in [0.29, 0.717) is 17.2 Å². The fraction of sp³-hybridized carbons (Fsp3) is 0.409. The van der Waals surface area contributed by atoms with Crippen LogP contribution in [0.25, 0.3) is 0 Å². The number of carbonyl (C=O) groups excluding carboxylic acids is 2. The van der Waals surface area contributed by atoms with Crippen LogP contribution in [0.3, 0.4) is 0 Å². The molecule has 1 atom stereocenters. The Hall–Kier alpha value is -2.89. The standard InChI is InChI=1S/C22H27N3O3/c1-3-16(2)17-8-10-18(11-9-17)24-20(26)15-28-22(27)19-7-6-12-23-21(19)25-13-4-5-14-25/h6-12,16H,3-5,13-15H2,1-2H3,(H,24,26)/p+1/t16-/m1/s1.